The van der Waals surface area contributed by atoms with E-state index in [1.165, 1.54) is 12.1 Å². The van der Waals surface area contributed by atoms with Gasteiger partial charge in [0.05, 0.1) is 15.7 Å². The standard InChI is InChI=1S/C20H16Cl2FN3O/c21-16-6-5-14(12-17(16)22)11-15(13-24)20(27)26-9-7-25(8-10-26)19-4-2-1-3-18(19)23/h1-6,11-12H,7-10H2/b15-11+. The molecule has 0 unspecified atom stereocenters. The first-order valence-electron chi connectivity index (χ1n) is 8.35. The normalized spacial score (nSPS) is 14.8. The van der Waals surface area contributed by atoms with E-state index in [4.69, 9.17) is 23.2 Å². The van der Waals surface area contributed by atoms with E-state index in [9.17, 15) is 14.4 Å². The summed E-state index contributed by atoms with van der Waals surface area (Å²) in [5.41, 5.74) is 1.17. The van der Waals surface area contributed by atoms with Gasteiger partial charge in [0.15, 0.2) is 0 Å². The predicted molar refractivity (Wildman–Crippen MR) is 105 cm³/mol. The highest BCUT2D eigenvalue weighted by atomic mass is 35.5. The van der Waals surface area contributed by atoms with Crippen LogP contribution in [0.1, 0.15) is 5.56 Å². The number of hydrogen-bond donors (Lipinski definition) is 0. The van der Waals surface area contributed by atoms with E-state index in [-0.39, 0.29) is 17.3 Å². The second-order valence-electron chi connectivity index (χ2n) is 6.07. The molecule has 27 heavy (non-hydrogen) atoms. The number of amides is 1. The highest BCUT2D eigenvalue weighted by Crippen LogP contribution is 2.24. The smallest absolute Gasteiger partial charge is 0.264 e. The number of para-hydroxylation sites is 1. The van der Waals surface area contributed by atoms with E-state index in [1.807, 2.05) is 11.0 Å². The third kappa shape index (κ3) is 4.41. The van der Waals surface area contributed by atoms with Gasteiger partial charge in [0.1, 0.15) is 17.5 Å². The third-order valence-electron chi connectivity index (χ3n) is 4.37. The molecule has 1 aliphatic rings. The minimum absolute atomic E-state index is 0.0210. The molecule has 0 aliphatic carbocycles. The molecule has 7 heteroatoms. The Morgan fingerprint density at radius 3 is 2.41 bits per heavy atom. The van der Waals surface area contributed by atoms with Gasteiger partial charge < -0.3 is 9.80 Å². The number of nitrogens with zero attached hydrogens (tertiary/aromatic N) is 3. The number of carbonyl (C=O) groups is 1. The number of nitriles is 1. The van der Waals surface area contributed by atoms with Crippen molar-refractivity contribution in [3.63, 3.8) is 0 Å². The quantitative estimate of drug-likeness (QED) is 0.563. The van der Waals surface area contributed by atoms with Crippen LogP contribution < -0.4 is 4.90 Å². The zero-order chi connectivity index (χ0) is 19.4. The Morgan fingerprint density at radius 1 is 1.07 bits per heavy atom. The van der Waals surface area contributed by atoms with Gasteiger partial charge in [-0.1, -0.05) is 41.4 Å². The van der Waals surface area contributed by atoms with Crippen molar-refractivity contribution in [2.45, 2.75) is 0 Å². The molecule has 1 heterocycles. The van der Waals surface area contributed by atoms with Crippen molar-refractivity contribution >= 4 is 40.9 Å². The summed E-state index contributed by atoms with van der Waals surface area (Å²) in [5, 5.41) is 10.2. The fourth-order valence-corrected chi connectivity index (χ4v) is 3.25. The van der Waals surface area contributed by atoms with Crippen molar-refractivity contribution in [3.8, 4) is 6.07 Å². The second kappa shape index (κ2) is 8.43. The Kier molecular flexibility index (Phi) is 6.00. The minimum Gasteiger partial charge on any atom is -0.366 e. The van der Waals surface area contributed by atoms with Gasteiger partial charge in [-0.3, -0.25) is 4.79 Å². The zero-order valence-electron chi connectivity index (χ0n) is 14.3. The first kappa shape index (κ1) is 19.2. The van der Waals surface area contributed by atoms with Crippen LogP contribution >= 0.6 is 23.2 Å². The molecule has 1 amide bonds. The molecule has 0 saturated carbocycles. The number of hydrogen-bond acceptors (Lipinski definition) is 3. The summed E-state index contributed by atoms with van der Waals surface area (Å²) in [6.45, 7) is 1.82. The van der Waals surface area contributed by atoms with Crippen LogP contribution in [0.5, 0.6) is 0 Å². The lowest BCUT2D eigenvalue weighted by atomic mass is 10.1. The molecule has 4 nitrogen and oxygen atoms in total. The van der Waals surface area contributed by atoms with Gasteiger partial charge in [-0.05, 0) is 35.9 Å². The average molecular weight is 404 g/mol. The highest BCUT2D eigenvalue weighted by molar-refractivity contribution is 6.42. The largest absolute Gasteiger partial charge is 0.366 e. The van der Waals surface area contributed by atoms with E-state index < -0.39 is 0 Å². The van der Waals surface area contributed by atoms with Crippen LogP contribution in [-0.2, 0) is 4.79 Å². The highest BCUT2D eigenvalue weighted by Gasteiger charge is 2.24. The van der Waals surface area contributed by atoms with Gasteiger partial charge in [0, 0.05) is 26.2 Å². The summed E-state index contributed by atoms with van der Waals surface area (Å²) in [7, 11) is 0. The van der Waals surface area contributed by atoms with Crippen molar-refractivity contribution in [1.82, 2.24) is 4.90 Å². The Morgan fingerprint density at radius 2 is 1.78 bits per heavy atom. The molecule has 138 valence electrons. The molecule has 2 aromatic carbocycles. The van der Waals surface area contributed by atoms with E-state index >= 15 is 0 Å². The van der Waals surface area contributed by atoms with E-state index in [0.717, 1.165) is 0 Å². The molecule has 1 aliphatic heterocycles. The Hall–Kier alpha value is -2.55. The maximum atomic E-state index is 13.9. The van der Waals surface area contributed by atoms with Crippen molar-refractivity contribution in [2.75, 3.05) is 31.1 Å². The molecular weight excluding hydrogens is 388 g/mol. The topological polar surface area (TPSA) is 47.3 Å². The summed E-state index contributed by atoms with van der Waals surface area (Å²) in [4.78, 5) is 16.2. The van der Waals surface area contributed by atoms with Crippen LogP contribution in [0.4, 0.5) is 10.1 Å². The van der Waals surface area contributed by atoms with Crippen LogP contribution in [-0.4, -0.2) is 37.0 Å². The van der Waals surface area contributed by atoms with Crippen molar-refractivity contribution in [2.24, 2.45) is 0 Å². The van der Waals surface area contributed by atoms with Gasteiger partial charge in [0.25, 0.3) is 5.91 Å². The maximum absolute atomic E-state index is 13.9. The van der Waals surface area contributed by atoms with Gasteiger partial charge in [-0.15, -0.1) is 0 Å². The lowest BCUT2D eigenvalue weighted by Gasteiger charge is -2.36. The van der Waals surface area contributed by atoms with Gasteiger partial charge >= 0.3 is 0 Å². The molecular formula is C20H16Cl2FN3O. The fourth-order valence-electron chi connectivity index (χ4n) is 2.94. The minimum atomic E-state index is -0.350. The molecule has 0 radical (unpaired) electrons. The lowest BCUT2D eigenvalue weighted by Crippen LogP contribution is -2.49. The molecule has 1 fully saturated rings. The number of piperazine rings is 1. The van der Waals surface area contributed by atoms with Crippen molar-refractivity contribution in [3.05, 3.63) is 69.5 Å². The first-order valence-corrected chi connectivity index (χ1v) is 9.11. The van der Waals surface area contributed by atoms with E-state index in [2.05, 4.69) is 0 Å². The second-order valence-corrected chi connectivity index (χ2v) is 6.89. The molecule has 0 N–H and O–H groups in total. The third-order valence-corrected chi connectivity index (χ3v) is 5.10. The SMILES string of the molecule is N#C/C(=C\c1ccc(Cl)c(Cl)c1)C(=O)N1CCN(c2ccccc2F)CC1. The number of carbonyl (C=O) groups excluding carboxylic acids is 1. The van der Waals surface area contributed by atoms with E-state index in [0.29, 0.717) is 47.5 Å². The number of anilines is 1. The molecule has 0 bridgehead atoms. The predicted octanol–water partition coefficient (Wildman–Crippen LogP) is 4.39. The maximum Gasteiger partial charge on any atom is 0.264 e. The number of benzene rings is 2. The average Bonchev–Trinajstić information content (AvgIpc) is 2.69. The van der Waals surface area contributed by atoms with E-state index in [1.54, 1.807) is 41.3 Å². The molecule has 3 rings (SSSR count). The van der Waals surface area contributed by atoms with Crippen LogP contribution in [0.15, 0.2) is 48.0 Å². The van der Waals surface area contributed by atoms with Gasteiger partial charge in [0.2, 0.25) is 0 Å². The monoisotopic (exact) mass is 403 g/mol. The summed E-state index contributed by atoms with van der Waals surface area (Å²) in [6, 6.07) is 13.4. The Bertz CT molecular complexity index is 931. The fraction of sp³-hybridized carbons (Fsp3) is 0.200. The van der Waals surface area contributed by atoms with Crippen LogP contribution in [0.25, 0.3) is 6.08 Å². The van der Waals surface area contributed by atoms with Gasteiger partial charge in [-0.2, -0.15) is 5.26 Å². The van der Waals surface area contributed by atoms with Gasteiger partial charge in [-0.25, -0.2) is 4.39 Å². The Balaban J connectivity index is 1.70. The number of halogens is 3. The van der Waals surface area contributed by atoms with Crippen molar-refractivity contribution in [1.29, 1.82) is 5.26 Å². The molecule has 2 aromatic rings. The molecule has 0 spiro atoms. The lowest BCUT2D eigenvalue weighted by molar-refractivity contribution is -0.126. The number of rotatable bonds is 3. The molecule has 0 aromatic heterocycles. The Labute approximate surface area is 167 Å². The van der Waals surface area contributed by atoms with Crippen LogP contribution in [0, 0.1) is 17.1 Å². The van der Waals surface area contributed by atoms with Crippen molar-refractivity contribution < 1.29 is 9.18 Å². The molecule has 0 atom stereocenters. The summed E-state index contributed by atoms with van der Waals surface area (Å²) >= 11 is 11.9. The summed E-state index contributed by atoms with van der Waals surface area (Å²) in [6.07, 6.45) is 1.49. The summed E-state index contributed by atoms with van der Waals surface area (Å²) < 4.78 is 13.9. The first-order chi connectivity index (χ1) is 13.0. The molecule has 1 saturated heterocycles. The summed E-state index contributed by atoms with van der Waals surface area (Å²) in [5.74, 6) is -0.633. The van der Waals surface area contributed by atoms with Crippen LogP contribution in [0.3, 0.4) is 0 Å². The zero-order valence-corrected chi connectivity index (χ0v) is 15.8. The van der Waals surface area contributed by atoms with Crippen LogP contribution in [0.2, 0.25) is 10.0 Å².